The van der Waals surface area contributed by atoms with Gasteiger partial charge in [0, 0.05) is 18.8 Å². The minimum absolute atomic E-state index is 0. The van der Waals surface area contributed by atoms with Gasteiger partial charge in [0.25, 0.3) is 5.91 Å². The van der Waals surface area contributed by atoms with Crippen molar-refractivity contribution in [2.75, 3.05) is 18.8 Å². The Morgan fingerprint density at radius 3 is 2.39 bits per heavy atom. The summed E-state index contributed by atoms with van der Waals surface area (Å²) in [7, 11) is 0. The second-order valence-electron chi connectivity index (χ2n) is 5.67. The van der Waals surface area contributed by atoms with Crippen molar-refractivity contribution >= 4 is 24.0 Å². The molecule has 0 saturated carbocycles. The van der Waals surface area contributed by atoms with Crippen LogP contribution in [0.5, 0.6) is 0 Å². The average molecular weight is 353 g/mol. The van der Waals surface area contributed by atoms with Gasteiger partial charge in [-0.15, -0.1) is 12.4 Å². The van der Waals surface area contributed by atoms with Crippen LogP contribution < -0.4 is 5.73 Å². The summed E-state index contributed by atoms with van der Waals surface area (Å²) in [6.07, 6.45) is -3.71. The maximum absolute atomic E-state index is 12.8. The first-order chi connectivity index (χ1) is 10.2. The molecule has 23 heavy (non-hydrogen) atoms. The number of rotatable bonds is 2. The minimum Gasteiger partial charge on any atom is -0.398 e. The van der Waals surface area contributed by atoms with Crippen LogP contribution in [-0.4, -0.2) is 35.1 Å². The Hall–Kier alpha value is -1.47. The van der Waals surface area contributed by atoms with Gasteiger partial charge in [0.1, 0.15) is 0 Å². The van der Waals surface area contributed by atoms with Crippen LogP contribution in [0, 0.1) is 5.92 Å². The van der Waals surface area contributed by atoms with E-state index in [-0.39, 0.29) is 29.6 Å². The lowest BCUT2D eigenvalue weighted by Crippen LogP contribution is -2.41. The van der Waals surface area contributed by atoms with Gasteiger partial charge in [0.05, 0.1) is 17.2 Å². The van der Waals surface area contributed by atoms with Gasteiger partial charge < -0.3 is 15.7 Å². The van der Waals surface area contributed by atoms with Crippen molar-refractivity contribution in [3.63, 3.8) is 0 Å². The van der Waals surface area contributed by atoms with Crippen LogP contribution in [0.2, 0.25) is 0 Å². The van der Waals surface area contributed by atoms with E-state index in [9.17, 15) is 23.1 Å². The predicted octanol–water partition coefficient (Wildman–Crippen LogP) is 2.94. The van der Waals surface area contributed by atoms with E-state index in [0.29, 0.717) is 25.9 Å². The number of halogens is 4. The van der Waals surface area contributed by atoms with Gasteiger partial charge in [0.15, 0.2) is 0 Å². The van der Waals surface area contributed by atoms with E-state index in [1.807, 2.05) is 0 Å². The summed E-state index contributed by atoms with van der Waals surface area (Å²) in [5, 5.41) is 9.54. The molecular weight excluding hydrogens is 333 g/mol. The highest BCUT2D eigenvalue weighted by atomic mass is 35.5. The fraction of sp³-hybridized carbons (Fsp3) is 0.533. The second kappa shape index (κ2) is 7.40. The van der Waals surface area contributed by atoms with Crippen LogP contribution >= 0.6 is 12.4 Å². The number of alkyl halides is 3. The predicted molar refractivity (Wildman–Crippen MR) is 83.4 cm³/mol. The van der Waals surface area contributed by atoms with Gasteiger partial charge in [-0.2, -0.15) is 13.2 Å². The molecule has 4 nitrogen and oxygen atoms in total. The molecule has 1 aromatic carbocycles. The SMILES string of the molecule is CC(O)C1CCN(C(=O)c2cc(C(F)(F)F)ccc2N)CC1.Cl. The monoisotopic (exact) mass is 352 g/mol. The molecule has 1 unspecified atom stereocenters. The quantitative estimate of drug-likeness (QED) is 0.804. The number of piperidine rings is 1. The molecule has 1 aliphatic rings. The number of hydrogen-bond donors (Lipinski definition) is 2. The Bertz CT molecular complexity index is 556. The number of anilines is 1. The molecule has 1 aliphatic heterocycles. The van der Waals surface area contributed by atoms with Crippen molar-refractivity contribution in [2.45, 2.75) is 32.0 Å². The smallest absolute Gasteiger partial charge is 0.398 e. The van der Waals surface area contributed by atoms with Gasteiger partial charge in [-0.25, -0.2) is 0 Å². The number of aliphatic hydroxyl groups excluding tert-OH is 1. The Kier molecular flexibility index (Phi) is 6.30. The number of amides is 1. The fourth-order valence-electron chi connectivity index (χ4n) is 2.67. The van der Waals surface area contributed by atoms with E-state index in [1.54, 1.807) is 6.92 Å². The Morgan fingerprint density at radius 1 is 1.35 bits per heavy atom. The van der Waals surface area contributed by atoms with Crippen LogP contribution in [-0.2, 0) is 6.18 Å². The number of benzene rings is 1. The molecule has 1 saturated heterocycles. The van der Waals surface area contributed by atoms with Crippen molar-refractivity contribution in [2.24, 2.45) is 5.92 Å². The average Bonchev–Trinajstić information content (AvgIpc) is 2.46. The van der Waals surface area contributed by atoms with Crippen LogP contribution in [0.1, 0.15) is 35.7 Å². The zero-order valence-electron chi connectivity index (χ0n) is 12.6. The highest BCUT2D eigenvalue weighted by Gasteiger charge is 2.33. The first-order valence-corrected chi connectivity index (χ1v) is 7.14. The molecule has 8 heteroatoms. The highest BCUT2D eigenvalue weighted by molar-refractivity contribution is 5.99. The molecule has 1 aromatic rings. The van der Waals surface area contributed by atoms with Crippen LogP contribution in [0.4, 0.5) is 18.9 Å². The highest BCUT2D eigenvalue weighted by Crippen LogP contribution is 2.32. The minimum atomic E-state index is -4.51. The third kappa shape index (κ3) is 4.51. The zero-order valence-corrected chi connectivity index (χ0v) is 13.5. The fourth-order valence-corrected chi connectivity index (χ4v) is 2.67. The molecule has 3 N–H and O–H groups in total. The second-order valence-corrected chi connectivity index (χ2v) is 5.67. The van der Waals surface area contributed by atoms with Gasteiger partial charge in [0.2, 0.25) is 0 Å². The summed E-state index contributed by atoms with van der Waals surface area (Å²) in [5.74, 6) is -0.379. The summed E-state index contributed by atoms with van der Waals surface area (Å²) in [4.78, 5) is 13.9. The number of carbonyl (C=O) groups is 1. The molecule has 0 aliphatic carbocycles. The van der Waals surface area contributed by atoms with E-state index in [4.69, 9.17) is 5.73 Å². The van der Waals surface area contributed by atoms with Gasteiger partial charge in [-0.05, 0) is 43.9 Å². The maximum atomic E-state index is 12.8. The van der Waals surface area contributed by atoms with Crippen LogP contribution in [0.3, 0.4) is 0 Å². The van der Waals surface area contributed by atoms with Gasteiger partial charge >= 0.3 is 6.18 Å². The van der Waals surface area contributed by atoms with E-state index >= 15 is 0 Å². The van der Waals surface area contributed by atoms with Crippen molar-refractivity contribution in [3.05, 3.63) is 29.3 Å². The Morgan fingerprint density at radius 2 is 1.91 bits per heavy atom. The molecular formula is C15H20ClF3N2O2. The van der Waals surface area contributed by atoms with Crippen molar-refractivity contribution in [1.29, 1.82) is 0 Å². The number of aliphatic hydroxyl groups is 1. The first kappa shape index (κ1) is 19.6. The number of nitrogens with two attached hydrogens (primary N) is 1. The third-order valence-corrected chi connectivity index (χ3v) is 4.12. The van der Waals surface area contributed by atoms with E-state index in [1.165, 1.54) is 4.90 Å². The largest absolute Gasteiger partial charge is 0.416 e. The molecule has 1 heterocycles. The summed E-state index contributed by atoms with van der Waals surface area (Å²) >= 11 is 0. The van der Waals surface area contributed by atoms with E-state index in [2.05, 4.69) is 0 Å². The molecule has 1 atom stereocenters. The molecule has 0 bridgehead atoms. The Balaban J connectivity index is 0.00000264. The van der Waals surface area contributed by atoms with Crippen LogP contribution in [0.15, 0.2) is 18.2 Å². The molecule has 0 spiro atoms. The number of likely N-dealkylation sites (tertiary alicyclic amines) is 1. The molecule has 0 aromatic heterocycles. The number of hydrogen-bond acceptors (Lipinski definition) is 3. The van der Waals surface area contributed by atoms with Gasteiger partial charge in [-0.3, -0.25) is 4.79 Å². The lowest BCUT2D eigenvalue weighted by molar-refractivity contribution is -0.137. The van der Waals surface area contributed by atoms with Crippen molar-refractivity contribution in [1.82, 2.24) is 4.90 Å². The van der Waals surface area contributed by atoms with Gasteiger partial charge in [-0.1, -0.05) is 0 Å². The molecule has 130 valence electrons. The summed E-state index contributed by atoms with van der Waals surface area (Å²) in [5.41, 5.74) is 4.69. The van der Waals surface area contributed by atoms with E-state index < -0.39 is 23.8 Å². The normalized spacial score (nSPS) is 17.5. The lowest BCUT2D eigenvalue weighted by atomic mass is 9.92. The molecule has 0 radical (unpaired) electrons. The summed E-state index contributed by atoms with van der Waals surface area (Å²) in [6, 6.07) is 2.78. The van der Waals surface area contributed by atoms with Crippen molar-refractivity contribution < 1.29 is 23.1 Å². The lowest BCUT2D eigenvalue weighted by Gasteiger charge is -2.33. The van der Waals surface area contributed by atoms with E-state index in [0.717, 1.165) is 18.2 Å². The summed E-state index contributed by atoms with van der Waals surface area (Å²) < 4.78 is 38.3. The number of carbonyl (C=O) groups excluding carboxylic acids is 1. The van der Waals surface area contributed by atoms with Crippen LogP contribution in [0.25, 0.3) is 0 Å². The first-order valence-electron chi connectivity index (χ1n) is 7.14. The standard InChI is InChI=1S/C15H19F3N2O2.ClH/c1-9(21)10-4-6-20(7-5-10)14(22)12-8-11(15(16,17)18)2-3-13(12)19;/h2-3,8-10,21H,4-7,19H2,1H3;1H. The molecule has 1 amide bonds. The molecule has 1 fully saturated rings. The number of nitrogens with zero attached hydrogens (tertiary/aromatic N) is 1. The Labute approximate surface area is 138 Å². The maximum Gasteiger partial charge on any atom is 0.416 e. The van der Waals surface area contributed by atoms with Crippen molar-refractivity contribution in [3.8, 4) is 0 Å². The third-order valence-electron chi connectivity index (χ3n) is 4.12. The topological polar surface area (TPSA) is 66.6 Å². The zero-order chi connectivity index (χ0) is 16.5. The summed E-state index contributed by atoms with van der Waals surface area (Å²) in [6.45, 7) is 2.51. The number of nitrogen functional groups attached to an aromatic ring is 1. The molecule has 2 rings (SSSR count).